The van der Waals surface area contributed by atoms with Crippen LogP contribution >= 0.6 is 0 Å². The van der Waals surface area contributed by atoms with Crippen molar-refractivity contribution in [2.75, 3.05) is 18.1 Å². The highest BCUT2D eigenvalue weighted by Gasteiger charge is 2.51. The van der Waals surface area contributed by atoms with Crippen molar-refractivity contribution in [3.05, 3.63) is 35.2 Å². The SMILES string of the molecule is O=C1NCN(c2ccccc2)C12CC#[N+]CC2. The topological polar surface area (TPSA) is 36.7 Å². The average Bonchev–Trinajstić information content (AvgIpc) is 2.69. The standard InChI is InChI=1S/C13H13N3O/c17-12-13(6-8-14-9-7-13)16(10-15-12)11-4-2-1-3-5-11/h1-5H,6-8,10H2/p+1. The van der Waals surface area contributed by atoms with E-state index >= 15 is 0 Å². The summed E-state index contributed by atoms with van der Waals surface area (Å²) in [6.07, 6.45) is 1.34. The summed E-state index contributed by atoms with van der Waals surface area (Å²) in [5, 5.41) is 2.93. The first kappa shape index (κ1) is 10.2. The van der Waals surface area contributed by atoms with E-state index in [2.05, 4.69) is 21.1 Å². The summed E-state index contributed by atoms with van der Waals surface area (Å²) >= 11 is 0. The minimum Gasteiger partial charge on any atom is -0.338 e. The molecule has 1 amide bonds. The molecule has 0 radical (unpaired) electrons. The fourth-order valence-electron chi connectivity index (χ4n) is 2.55. The minimum atomic E-state index is -0.469. The number of nitrogens with zero attached hydrogens (tertiary/aromatic N) is 2. The van der Waals surface area contributed by atoms with Crippen LogP contribution in [-0.2, 0) is 4.79 Å². The number of hydrogen-bond donors (Lipinski definition) is 1. The smallest absolute Gasteiger partial charge is 0.275 e. The first-order valence-corrected chi connectivity index (χ1v) is 5.83. The molecule has 2 aliphatic rings. The van der Waals surface area contributed by atoms with E-state index in [1.165, 1.54) is 0 Å². The molecule has 1 aromatic carbocycles. The van der Waals surface area contributed by atoms with Crippen molar-refractivity contribution in [2.24, 2.45) is 0 Å². The molecule has 1 spiro atoms. The number of benzene rings is 1. The Kier molecular flexibility index (Phi) is 2.25. The van der Waals surface area contributed by atoms with Crippen LogP contribution in [0.4, 0.5) is 5.69 Å². The molecule has 17 heavy (non-hydrogen) atoms. The second-order valence-corrected chi connectivity index (χ2v) is 4.43. The highest BCUT2D eigenvalue weighted by atomic mass is 16.2. The molecule has 4 nitrogen and oxygen atoms in total. The van der Waals surface area contributed by atoms with Gasteiger partial charge < -0.3 is 10.2 Å². The van der Waals surface area contributed by atoms with E-state index in [1.54, 1.807) is 0 Å². The molecule has 3 rings (SSSR count). The normalized spacial score (nSPS) is 26.6. The predicted octanol–water partition coefficient (Wildman–Crippen LogP) is 1.45. The van der Waals surface area contributed by atoms with E-state index < -0.39 is 5.54 Å². The first-order chi connectivity index (χ1) is 8.33. The predicted molar refractivity (Wildman–Crippen MR) is 66.0 cm³/mol. The van der Waals surface area contributed by atoms with Crippen LogP contribution in [0.2, 0.25) is 0 Å². The van der Waals surface area contributed by atoms with E-state index in [0.717, 1.165) is 12.1 Å². The van der Waals surface area contributed by atoms with Gasteiger partial charge in [-0.3, -0.25) is 4.79 Å². The Morgan fingerprint density at radius 3 is 2.88 bits per heavy atom. The number of para-hydroxylation sites is 1. The summed E-state index contributed by atoms with van der Waals surface area (Å²) < 4.78 is 0. The van der Waals surface area contributed by atoms with Crippen LogP contribution < -0.4 is 10.2 Å². The van der Waals surface area contributed by atoms with E-state index in [1.807, 2.05) is 30.3 Å². The van der Waals surface area contributed by atoms with Gasteiger partial charge in [-0.2, -0.15) is 0 Å². The number of carbonyl (C=O) groups is 1. The van der Waals surface area contributed by atoms with Crippen LogP contribution in [0.25, 0.3) is 4.85 Å². The van der Waals surface area contributed by atoms with Crippen LogP contribution in [0.3, 0.4) is 0 Å². The third-order valence-corrected chi connectivity index (χ3v) is 3.53. The van der Waals surface area contributed by atoms with Gasteiger partial charge in [-0.05, 0) is 12.1 Å². The van der Waals surface area contributed by atoms with Crippen LogP contribution in [0.1, 0.15) is 12.8 Å². The van der Waals surface area contributed by atoms with Gasteiger partial charge in [0, 0.05) is 5.69 Å². The van der Waals surface area contributed by atoms with Crippen LogP contribution in [0.5, 0.6) is 0 Å². The maximum atomic E-state index is 12.1. The summed E-state index contributed by atoms with van der Waals surface area (Å²) in [7, 11) is 0. The zero-order valence-corrected chi connectivity index (χ0v) is 9.52. The molecule has 86 valence electrons. The zero-order chi connectivity index (χ0) is 11.7. The van der Waals surface area contributed by atoms with Gasteiger partial charge in [0.05, 0.1) is 13.1 Å². The molecule has 1 fully saturated rings. The largest absolute Gasteiger partial charge is 0.338 e. The van der Waals surface area contributed by atoms with E-state index in [-0.39, 0.29) is 5.91 Å². The van der Waals surface area contributed by atoms with Gasteiger partial charge in [-0.15, -0.1) is 0 Å². The molecule has 1 atom stereocenters. The summed E-state index contributed by atoms with van der Waals surface area (Å²) in [5.74, 6) is 0.101. The van der Waals surface area contributed by atoms with Crippen LogP contribution in [0.15, 0.2) is 30.3 Å². The second-order valence-electron chi connectivity index (χ2n) is 4.43. The fraction of sp³-hybridized carbons (Fsp3) is 0.385. The quantitative estimate of drug-likeness (QED) is 0.789. The summed E-state index contributed by atoms with van der Waals surface area (Å²) in [4.78, 5) is 18.3. The monoisotopic (exact) mass is 228 g/mol. The Morgan fingerprint density at radius 1 is 1.35 bits per heavy atom. The maximum absolute atomic E-state index is 12.1. The maximum Gasteiger partial charge on any atom is 0.275 e. The highest BCUT2D eigenvalue weighted by molar-refractivity contribution is 5.93. The molecule has 4 heteroatoms. The van der Waals surface area contributed by atoms with Crippen molar-refractivity contribution in [1.29, 1.82) is 0 Å². The van der Waals surface area contributed by atoms with Crippen molar-refractivity contribution < 1.29 is 4.79 Å². The zero-order valence-electron chi connectivity index (χ0n) is 9.52. The molecular weight excluding hydrogens is 214 g/mol. The Hall–Kier alpha value is -2.02. The van der Waals surface area contributed by atoms with Crippen molar-refractivity contribution in [1.82, 2.24) is 5.32 Å². The number of nitrogens with one attached hydrogen (secondary N) is 1. The third-order valence-electron chi connectivity index (χ3n) is 3.53. The molecule has 1 N–H and O–H groups in total. The molecule has 1 saturated heterocycles. The van der Waals surface area contributed by atoms with Crippen molar-refractivity contribution in [2.45, 2.75) is 18.4 Å². The molecular formula is C13H14N3O+. The lowest BCUT2D eigenvalue weighted by atomic mass is 9.88. The van der Waals surface area contributed by atoms with Gasteiger partial charge in [0.2, 0.25) is 5.91 Å². The lowest BCUT2D eigenvalue weighted by Gasteiger charge is -2.33. The van der Waals surface area contributed by atoms with Gasteiger partial charge in [0.25, 0.3) is 12.6 Å². The average molecular weight is 228 g/mol. The number of anilines is 1. The first-order valence-electron chi connectivity index (χ1n) is 5.83. The Labute approximate surface area is 100 Å². The molecule has 0 aliphatic carbocycles. The van der Waals surface area contributed by atoms with E-state index in [9.17, 15) is 4.79 Å². The van der Waals surface area contributed by atoms with E-state index in [0.29, 0.717) is 19.6 Å². The second kappa shape index (κ2) is 3.77. The van der Waals surface area contributed by atoms with Gasteiger partial charge in [0.1, 0.15) is 12.0 Å². The lowest BCUT2D eigenvalue weighted by molar-refractivity contribution is -0.123. The summed E-state index contributed by atoms with van der Waals surface area (Å²) in [6.45, 7) is 1.25. The Morgan fingerprint density at radius 2 is 2.18 bits per heavy atom. The van der Waals surface area contributed by atoms with Crippen LogP contribution in [0, 0.1) is 6.07 Å². The molecule has 1 unspecified atom stereocenters. The molecule has 0 saturated carbocycles. The van der Waals surface area contributed by atoms with Gasteiger partial charge in [0.15, 0.2) is 0 Å². The number of rotatable bonds is 1. The highest BCUT2D eigenvalue weighted by Crippen LogP contribution is 2.34. The van der Waals surface area contributed by atoms with Gasteiger partial charge in [-0.25, -0.2) is 0 Å². The Balaban J connectivity index is 2.01. The molecule has 2 heterocycles. The molecule has 0 aromatic heterocycles. The molecule has 0 bridgehead atoms. The fourth-order valence-corrected chi connectivity index (χ4v) is 2.55. The van der Waals surface area contributed by atoms with E-state index in [4.69, 9.17) is 0 Å². The van der Waals surface area contributed by atoms with Gasteiger partial charge in [-0.1, -0.05) is 23.0 Å². The van der Waals surface area contributed by atoms with Gasteiger partial charge >= 0.3 is 0 Å². The van der Waals surface area contributed by atoms with Crippen molar-refractivity contribution >= 4 is 11.6 Å². The number of hydrogen-bond acceptors (Lipinski definition) is 2. The minimum absolute atomic E-state index is 0.101. The number of amides is 1. The lowest BCUT2D eigenvalue weighted by Crippen LogP contribution is -2.50. The third kappa shape index (κ3) is 1.47. The molecule has 1 aromatic rings. The number of carbonyl (C=O) groups excluding carboxylic acids is 1. The van der Waals surface area contributed by atoms with Crippen molar-refractivity contribution in [3.8, 4) is 6.07 Å². The summed E-state index contributed by atoms with van der Waals surface area (Å²) in [6, 6.07) is 13.0. The van der Waals surface area contributed by atoms with Crippen LogP contribution in [-0.4, -0.2) is 24.7 Å². The molecule has 2 aliphatic heterocycles. The summed E-state index contributed by atoms with van der Waals surface area (Å²) in [5.41, 5.74) is 0.609. The Bertz CT molecular complexity index is 502. The van der Waals surface area contributed by atoms with Crippen molar-refractivity contribution in [3.63, 3.8) is 0 Å².